The molecule has 1 saturated carbocycles. The summed E-state index contributed by atoms with van der Waals surface area (Å²) in [5.41, 5.74) is -0.404. The normalized spacial score (nSPS) is 24.8. The van der Waals surface area contributed by atoms with E-state index >= 15 is 0 Å². The minimum Gasteiger partial charge on any atom is -0.481 e. The Balaban J connectivity index is 1.82. The number of unbranched alkanes of at least 4 members (excludes halogenated alkanes) is 3. The summed E-state index contributed by atoms with van der Waals surface area (Å²) in [5, 5.41) is 39.6. The van der Waals surface area contributed by atoms with E-state index in [0.717, 1.165) is 37.8 Å². The summed E-state index contributed by atoms with van der Waals surface area (Å²) in [7, 11) is 0. The number of rotatable bonds is 12. The predicted octanol–water partition coefficient (Wildman–Crippen LogP) is 4.64. The standard InChI is InChI=1S/C24H33F3O5/c25-24(26,27)17-7-5-6-16(14-17)10-11-18(28)12-13-20-19(21(29)15-22(20)30)8-3-1-2-4-9-23(31)32/h5-7,10-11,14,18-22,28-30H,1-4,8-9,12-13,15H2,(H,31,32)/t18?,19-,20-,21+,22-/m1/s1. The summed E-state index contributed by atoms with van der Waals surface area (Å²) in [6, 6.07) is 4.86. The maximum absolute atomic E-state index is 12.8. The lowest BCUT2D eigenvalue weighted by Crippen LogP contribution is -2.23. The van der Waals surface area contributed by atoms with Gasteiger partial charge in [0.15, 0.2) is 0 Å². The molecule has 5 nitrogen and oxygen atoms in total. The van der Waals surface area contributed by atoms with Crippen LogP contribution < -0.4 is 0 Å². The highest BCUT2D eigenvalue weighted by atomic mass is 19.4. The zero-order valence-electron chi connectivity index (χ0n) is 18.0. The first-order valence-corrected chi connectivity index (χ1v) is 11.2. The Morgan fingerprint density at radius 1 is 1.06 bits per heavy atom. The molecule has 0 aromatic heterocycles. The van der Waals surface area contributed by atoms with E-state index in [1.165, 1.54) is 24.3 Å². The van der Waals surface area contributed by atoms with Crippen molar-refractivity contribution in [3.8, 4) is 0 Å². The minimum atomic E-state index is -4.42. The van der Waals surface area contributed by atoms with Crippen molar-refractivity contribution >= 4 is 12.0 Å². The van der Waals surface area contributed by atoms with Gasteiger partial charge in [-0.2, -0.15) is 13.2 Å². The molecule has 2 rings (SSSR count). The van der Waals surface area contributed by atoms with Crippen LogP contribution in [0.15, 0.2) is 30.3 Å². The lowest BCUT2D eigenvalue weighted by Gasteiger charge is -2.24. The van der Waals surface area contributed by atoms with Crippen molar-refractivity contribution in [2.24, 2.45) is 11.8 Å². The molecule has 0 heterocycles. The largest absolute Gasteiger partial charge is 0.481 e. The summed E-state index contributed by atoms with van der Waals surface area (Å²) in [6.07, 6.45) is 1.49. The van der Waals surface area contributed by atoms with E-state index in [4.69, 9.17) is 5.11 Å². The predicted molar refractivity (Wildman–Crippen MR) is 115 cm³/mol. The van der Waals surface area contributed by atoms with Crippen LogP contribution in [0.3, 0.4) is 0 Å². The molecule has 0 saturated heterocycles. The van der Waals surface area contributed by atoms with E-state index in [0.29, 0.717) is 31.2 Å². The SMILES string of the molecule is O=C(O)CCCCCC[C@@H]1[C@@H](CCC(O)C=Cc2cccc(C(F)(F)F)c2)[C@H](O)C[C@@H]1O. The van der Waals surface area contributed by atoms with Crippen LogP contribution in [0.2, 0.25) is 0 Å². The molecule has 5 atom stereocenters. The van der Waals surface area contributed by atoms with Crippen LogP contribution in [0.1, 0.15) is 68.9 Å². The quantitative estimate of drug-likeness (QED) is 0.342. The molecule has 1 aliphatic carbocycles. The van der Waals surface area contributed by atoms with Gasteiger partial charge in [0.25, 0.3) is 0 Å². The molecule has 4 N–H and O–H groups in total. The fourth-order valence-corrected chi connectivity index (χ4v) is 4.49. The second-order valence-corrected chi connectivity index (χ2v) is 8.67. The highest BCUT2D eigenvalue weighted by Crippen LogP contribution is 2.39. The summed E-state index contributed by atoms with van der Waals surface area (Å²) in [6.45, 7) is 0. The average Bonchev–Trinajstić information content (AvgIpc) is 2.99. The summed E-state index contributed by atoms with van der Waals surface area (Å²) >= 11 is 0. The molecule has 1 aromatic rings. The molecule has 1 unspecified atom stereocenters. The number of alkyl halides is 3. The number of hydrogen-bond acceptors (Lipinski definition) is 4. The highest BCUT2D eigenvalue weighted by Gasteiger charge is 2.40. The second-order valence-electron chi connectivity index (χ2n) is 8.67. The molecule has 0 bridgehead atoms. The van der Waals surface area contributed by atoms with Crippen LogP contribution in [0, 0.1) is 11.8 Å². The van der Waals surface area contributed by atoms with Gasteiger partial charge < -0.3 is 20.4 Å². The number of carbonyl (C=O) groups is 1. The van der Waals surface area contributed by atoms with Crippen LogP contribution in [0.25, 0.3) is 6.08 Å². The third-order valence-corrected chi connectivity index (χ3v) is 6.22. The van der Waals surface area contributed by atoms with E-state index in [9.17, 15) is 33.3 Å². The zero-order chi connectivity index (χ0) is 23.7. The highest BCUT2D eigenvalue weighted by molar-refractivity contribution is 5.66. The fraction of sp³-hybridized carbons (Fsp3) is 0.625. The van der Waals surface area contributed by atoms with Crippen molar-refractivity contribution < 1.29 is 38.4 Å². The van der Waals surface area contributed by atoms with Gasteiger partial charge in [0.05, 0.1) is 23.9 Å². The molecular formula is C24H33F3O5. The molecule has 1 fully saturated rings. The zero-order valence-corrected chi connectivity index (χ0v) is 18.0. The number of aliphatic hydroxyl groups is 3. The van der Waals surface area contributed by atoms with E-state index in [2.05, 4.69) is 0 Å². The molecule has 8 heteroatoms. The van der Waals surface area contributed by atoms with Gasteiger partial charge in [0, 0.05) is 6.42 Å². The van der Waals surface area contributed by atoms with E-state index in [1.807, 2.05) is 0 Å². The number of benzene rings is 1. The van der Waals surface area contributed by atoms with Crippen LogP contribution in [0.5, 0.6) is 0 Å². The molecule has 1 aromatic carbocycles. The van der Waals surface area contributed by atoms with Crippen molar-refractivity contribution in [2.75, 3.05) is 0 Å². The second kappa shape index (κ2) is 12.4. The third kappa shape index (κ3) is 8.56. The third-order valence-electron chi connectivity index (χ3n) is 6.22. The molecular weight excluding hydrogens is 425 g/mol. The van der Waals surface area contributed by atoms with Crippen LogP contribution in [-0.4, -0.2) is 44.7 Å². The van der Waals surface area contributed by atoms with Gasteiger partial charge in [-0.15, -0.1) is 0 Å². The van der Waals surface area contributed by atoms with E-state index in [1.54, 1.807) is 0 Å². The first-order valence-electron chi connectivity index (χ1n) is 11.2. The molecule has 0 radical (unpaired) electrons. The molecule has 0 spiro atoms. The molecule has 32 heavy (non-hydrogen) atoms. The maximum atomic E-state index is 12.8. The first-order chi connectivity index (χ1) is 15.1. The van der Waals surface area contributed by atoms with Gasteiger partial charge in [-0.3, -0.25) is 4.79 Å². The van der Waals surface area contributed by atoms with Crippen molar-refractivity contribution in [1.82, 2.24) is 0 Å². The van der Waals surface area contributed by atoms with E-state index in [-0.39, 0.29) is 18.3 Å². The van der Waals surface area contributed by atoms with Crippen molar-refractivity contribution in [3.63, 3.8) is 0 Å². The number of aliphatic hydroxyl groups excluding tert-OH is 3. The van der Waals surface area contributed by atoms with Crippen LogP contribution in [0.4, 0.5) is 13.2 Å². The smallest absolute Gasteiger partial charge is 0.416 e. The van der Waals surface area contributed by atoms with Crippen LogP contribution >= 0.6 is 0 Å². The molecule has 0 amide bonds. The van der Waals surface area contributed by atoms with Crippen molar-refractivity contribution in [3.05, 3.63) is 41.5 Å². The number of halogens is 3. The van der Waals surface area contributed by atoms with Crippen molar-refractivity contribution in [2.45, 2.75) is 82.3 Å². The van der Waals surface area contributed by atoms with Gasteiger partial charge in [-0.25, -0.2) is 0 Å². The monoisotopic (exact) mass is 458 g/mol. The van der Waals surface area contributed by atoms with Gasteiger partial charge in [-0.05, 0) is 61.6 Å². The number of aliphatic carboxylic acids is 1. The van der Waals surface area contributed by atoms with Crippen molar-refractivity contribution in [1.29, 1.82) is 0 Å². The van der Waals surface area contributed by atoms with Crippen LogP contribution in [-0.2, 0) is 11.0 Å². The van der Waals surface area contributed by atoms with Gasteiger partial charge in [0.2, 0.25) is 0 Å². The Kier molecular flexibility index (Phi) is 10.2. The van der Waals surface area contributed by atoms with Gasteiger partial charge >= 0.3 is 12.1 Å². The summed E-state index contributed by atoms with van der Waals surface area (Å²) in [5.74, 6) is -1.04. The average molecular weight is 459 g/mol. The number of hydrogen-bond donors (Lipinski definition) is 4. The topological polar surface area (TPSA) is 98.0 Å². The summed E-state index contributed by atoms with van der Waals surface area (Å²) in [4.78, 5) is 10.5. The van der Waals surface area contributed by atoms with Gasteiger partial charge in [0.1, 0.15) is 0 Å². The van der Waals surface area contributed by atoms with Gasteiger partial charge in [-0.1, -0.05) is 43.5 Å². The Bertz CT molecular complexity index is 749. The number of carboxylic acids is 1. The summed E-state index contributed by atoms with van der Waals surface area (Å²) < 4.78 is 38.4. The molecule has 180 valence electrons. The Hall–Kier alpha value is -1.90. The fourth-order valence-electron chi connectivity index (χ4n) is 4.49. The molecule has 1 aliphatic rings. The van der Waals surface area contributed by atoms with E-state index < -0.39 is 36.0 Å². The Morgan fingerprint density at radius 3 is 2.38 bits per heavy atom. The first kappa shape index (κ1) is 26.4. The maximum Gasteiger partial charge on any atom is 0.416 e. The lowest BCUT2D eigenvalue weighted by atomic mass is 9.85. The lowest BCUT2D eigenvalue weighted by molar-refractivity contribution is -0.138. The molecule has 0 aliphatic heterocycles. The Labute approximate surface area is 186 Å². The Morgan fingerprint density at radius 2 is 1.72 bits per heavy atom. The number of carboxylic acid groups (broad SMARTS) is 1. The minimum absolute atomic E-state index is 0.0795.